The van der Waals surface area contributed by atoms with Gasteiger partial charge < -0.3 is 15.5 Å². The third-order valence-electron chi connectivity index (χ3n) is 5.03. The Morgan fingerprint density at radius 2 is 2.17 bits per heavy atom. The van der Waals surface area contributed by atoms with E-state index in [9.17, 15) is 18.0 Å². The van der Waals surface area contributed by atoms with Gasteiger partial charge in [-0.3, -0.25) is 14.7 Å². The van der Waals surface area contributed by atoms with Crippen LogP contribution in [0.15, 0.2) is 16.4 Å². The summed E-state index contributed by atoms with van der Waals surface area (Å²) in [4.78, 5) is 21.2. The molecule has 1 saturated heterocycles. The second-order valence-electron chi connectivity index (χ2n) is 7.16. The van der Waals surface area contributed by atoms with Crippen LogP contribution < -0.4 is 10.6 Å². The first-order chi connectivity index (χ1) is 13.3. The minimum atomic E-state index is -4.17. The van der Waals surface area contributed by atoms with Gasteiger partial charge in [0.2, 0.25) is 5.91 Å². The monoisotopic (exact) mass is 545 g/mol. The zero-order chi connectivity index (χ0) is 20.1. The molecule has 3 heterocycles. The maximum absolute atomic E-state index is 12.5. The van der Waals surface area contributed by atoms with E-state index < -0.39 is 12.7 Å². The van der Waals surface area contributed by atoms with E-state index in [0.29, 0.717) is 45.0 Å². The number of carbonyl (C=O) groups is 1. The fourth-order valence-corrected chi connectivity index (χ4v) is 4.53. The first-order valence-corrected chi connectivity index (χ1v) is 10.3. The molecule has 1 aromatic rings. The van der Waals surface area contributed by atoms with Crippen LogP contribution in [0.5, 0.6) is 0 Å². The standard InChI is InChI=1S/C18H26F3N5OS.HI/c1-22-17(24-14-3-7-25(11-14)12-18(19,20)21)23-6-2-16(27)26-8-4-15-13(10-26)5-9-28-15;/h5,9,14H,2-4,6-8,10-12H2,1H3,(H2,22,23,24);1H. The predicted molar refractivity (Wildman–Crippen MR) is 119 cm³/mol. The van der Waals surface area contributed by atoms with Crippen molar-refractivity contribution in [3.63, 3.8) is 0 Å². The average Bonchev–Trinajstić information content (AvgIpc) is 3.27. The Morgan fingerprint density at radius 1 is 1.38 bits per heavy atom. The molecule has 29 heavy (non-hydrogen) atoms. The number of halogens is 4. The van der Waals surface area contributed by atoms with Gasteiger partial charge in [-0.1, -0.05) is 0 Å². The number of alkyl halides is 3. The first kappa shape index (κ1) is 24.2. The Bertz CT molecular complexity index is 712. The Hall–Kier alpha value is -1.08. The molecule has 3 rings (SSSR count). The molecule has 1 amide bonds. The number of fused-ring (bicyclic) bond motifs is 1. The SMILES string of the molecule is CN=C(NCCC(=O)N1CCc2sccc2C1)NC1CCN(CC(F)(F)F)C1.I. The van der Waals surface area contributed by atoms with Gasteiger partial charge in [-0.15, -0.1) is 35.3 Å². The van der Waals surface area contributed by atoms with Crippen molar-refractivity contribution in [2.24, 2.45) is 4.99 Å². The smallest absolute Gasteiger partial charge is 0.356 e. The summed E-state index contributed by atoms with van der Waals surface area (Å²) in [6.07, 6.45) is -2.28. The summed E-state index contributed by atoms with van der Waals surface area (Å²) >= 11 is 1.74. The molecular weight excluding hydrogens is 518 g/mol. The molecule has 6 nitrogen and oxygen atoms in total. The summed E-state index contributed by atoms with van der Waals surface area (Å²) in [5.74, 6) is 0.613. The van der Waals surface area contributed by atoms with Gasteiger partial charge in [0.1, 0.15) is 0 Å². The highest BCUT2D eigenvalue weighted by molar-refractivity contribution is 14.0. The van der Waals surface area contributed by atoms with Crippen LogP contribution in [0.25, 0.3) is 0 Å². The van der Waals surface area contributed by atoms with Crippen LogP contribution in [0.1, 0.15) is 23.3 Å². The molecule has 0 saturated carbocycles. The number of amides is 1. The van der Waals surface area contributed by atoms with E-state index in [4.69, 9.17) is 0 Å². The minimum Gasteiger partial charge on any atom is -0.356 e. The van der Waals surface area contributed by atoms with Gasteiger partial charge in [-0.25, -0.2) is 0 Å². The van der Waals surface area contributed by atoms with Crippen LogP contribution >= 0.6 is 35.3 Å². The highest BCUT2D eigenvalue weighted by atomic mass is 127. The predicted octanol–water partition coefficient (Wildman–Crippen LogP) is 2.44. The maximum atomic E-state index is 12.5. The number of guanidine groups is 1. The van der Waals surface area contributed by atoms with Crippen LogP contribution in [-0.4, -0.2) is 73.7 Å². The normalized spacial score (nSPS) is 20.2. The Labute approximate surface area is 189 Å². The molecule has 0 spiro atoms. The van der Waals surface area contributed by atoms with Crippen molar-refractivity contribution in [2.45, 2.75) is 38.0 Å². The van der Waals surface area contributed by atoms with Crippen molar-refractivity contribution >= 4 is 47.2 Å². The quantitative estimate of drug-likeness (QED) is 0.339. The van der Waals surface area contributed by atoms with Crippen molar-refractivity contribution in [1.82, 2.24) is 20.4 Å². The number of nitrogens with zero attached hydrogens (tertiary/aromatic N) is 3. The van der Waals surface area contributed by atoms with Gasteiger partial charge in [-0.05, 0) is 29.9 Å². The van der Waals surface area contributed by atoms with Crippen molar-refractivity contribution in [3.8, 4) is 0 Å². The van der Waals surface area contributed by atoms with E-state index in [1.54, 1.807) is 18.4 Å². The number of aliphatic imine (C=N–C) groups is 1. The largest absolute Gasteiger partial charge is 0.401 e. The van der Waals surface area contributed by atoms with E-state index >= 15 is 0 Å². The summed E-state index contributed by atoms with van der Waals surface area (Å²) in [5, 5.41) is 8.31. The van der Waals surface area contributed by atoms with Crippen LogP contribution in [-0.2, 0) is 17.8 Å². The van der Waals surface area contributed by atoms with Gasteiger partial charge in [-0.2, -0.15) is 13.2 Å². The number of likely N-dealkylation sites (tertiary alicyclic amines) is 1. The van der Waals surface area contributed by atoms with E-state index in [2.05, 4.69) is 27.1 Å². The third kappa shape index (κ3) is 7.28. The molecule has 0 bridgehead atoms. The molecule has 2 aliphatic rings. The van der Waals surface area contributed by atoms with E-state index in [-0.39, 0.29) is 35.9 Å². The van der Waals surface area contributed by atoms with Crippen molar-refractivity contribution < 1.29 is 18.0 Å². The lowest BCUT2D eigenvalue weighted by molar-refractivity contribution is -0.143. The topological polar surface area (TPSA) is 60.0 Å². The second kappa shape index (κ2) is 10.8. The number of carbonyl (C=O) groups excluding carboxylic acids is 1. The highest BCUT2D eigenvalue weighted by Gasteiger charge is 2.34. The molecular formula is C18H27F3IN5OS. The lowest BCUT2D eigenvalue weighted by atomic mass is 10.1. The number of hydrogen-bond acceptors (Lipinski definition) is 4. The van der Waals surface area contributed by atoms with E-state index in [0.717, 1.165) is 13.0 Å². The van der Waals surface area contributed by atoms with Crippen LogP contribution in [0.4, 0.5) is 13.2 Å². The van der Waals surface area contributed by atoms with Crippen LogP contribution in [0.2, 0.25) is 0 Å². The van der Waals surface area contributed by atoms with Gasteiger partial charge in [0.25, 0.3) is 0 Å². The summed E-state index contributed by atoms with van der Waals surface area (Å²) in [6.45, 7) is 1.71. The molecule has 11 heteroatoms. The zero-order valence-electron chi connectivity index (χ0n) is 16.3. The average molecular weight is 545 g/mol. The molecule has 2 N–H and O–H groups in total. The molecule has 0 aliphatic carbocycles. The lowest BCUT2D eigenvalue weighted by Crippen LogP contribution is -2.46. The van der Waals surface area contributed by atoms with Gasteiger partial charge in [0.15, 0.2) is 5.96 Å². The molecule has 0 radical (unpaired) electrons. The minimum absolute atomic E-state index is 0. The molecule has 1 aromatic heterocycles. The number of thiophene rings is 1. The highest BCUT2D eigenvalue weighted by Crippen LogP contribution is 2.24. The number of nitrogens with one attached hydrogen (secondary N) is 2. The maximum Gasteiger partial charge on any atom is 0.401 e. The molecule has 1 unspecified atom stereocenters. The lowest BCUT2D eigenvalue weighted by Gasteiger charge is -2.27. The van der Waals surface area contributed by atoms with Gasteiger partial charge in [0, 0.05) is 57.1 Å². The molecule has 1 fully saturated rings. The van der Waals surface area contributed by atoms with Crippen LogP contribution in [0.3, 0.4) is 0 Å². The molecule has 1 atom stereocenters. The van der Waals surface area contributed by atoms with Crippen molar-refractivity contribution in [2.75, 3.05) is 39.8 Å². The zero-order valence-corrected chi connectivity index (χ0v) is 19.4. The summed E-state index contributed by atoms with van der Waals surface area (Å²) in [5.41, 5.74) is 1.24. The number of hydrogen-bond donors (Lipinski definition) is 2. The third-order valence-corrected chi connectivity index (χ3v) is 6.05. The first-order valence-electron chi connectivity index (χ1n) is 9.43. The fraction of sp³-hybridized carbons (Fsp3) is 0.667. The summed E-state index contributed by atoms with van der Waals surface area (Å²) < 4.78 is 37.5. The van der Waals surface area contributed by atoms with Crippen molar-refractivity contribution in [3.05, 3.63) is 21.9 Å². The molecule has 164 valence electrons. The second-order valence-corrected chi connectivity index (χ2v) is 8.16. The summed E-state index contributed by atoms with van der Waals surface area (Å²) in [6, 6.07) is 2.00. The summed E-state index contributed by atoms with van der Waals surface area (Å²) in [7, 11) is 1.61. The van der Waals surface area contributed by atoms with Crippen molar-refractivity contribution in [1.29, 1.82) is 0 Å². The Kier molecular flexibility index (Phi) is 9.01. The number of rotatable bonds is 5. The molecule has 2 aliphatic heterocycles. The Balaban J connectivity index is 0.00000300. The fourth-order valence-electron chi connectivity index (χ4n) is 3.64. The van der Waals surface area contributed by atoms with E-state index in [1.807, 2.05) is 4.90 Å². The Morgan fingerprint density at radius 3 is 2.90 bits per heavy atom. The van der Waals surface area contributed by atoms with Crippen LogP contribution in [0, 0.1) is 0 Å². The molecule has 0 aromatic carbocycles. The van der Waals surface area contributed by atoms with Gasteiger partial charge >= 0.3 is 6.18 Å². The van der Waals surface area contributed by atoms with E-state index in [1.165, 1.54) is 15.3 Å². The van der Waals surface area contributed by atoms with Gasteiger partial charge in [0.05, 0.1) is 6.54 Å².